The Balaban J connectivity index is 2.17. The molecular formula is C16H23Cl3O2Si. The summed E-state index contributed by atoms with van der Waals surface area (Å²) in [5.41, 5.74) is 1.09. The molecule has 0 aliphatic carbocycles. The van der Waals surface area contributed by atoms with Crippen molar-refractivity contribution in [1.29, 1.82) is 0 Å². The van der Waals surface area contributed by atoms with Crippen LogP contribution in [-0.4, -0.2) is 24.3 Å². The largest absolute Gasteiger partial charge is 0.407 e. The highest BCUT2D eigenvalue weighted by atomic mass is 35.6. The van der Waals surface area contributed by atoms with E-state index in [9.17, 15) is 0 Å². The molecule has 0 aromatic heterocycles. The SMILES string of the molecule is CC(C)(C)[Si](C)(C)O[C@H]([C@@H]1O[C@@H]1c1ccccc1)C(Cl)(Cl)Cl. The minimum Gasteiger partial charge on any atom is -0.407 e. The topological polar surface area (TPSA) is 21.8 Å². The summed E-state index contributed by atoms with van der Waals surface area (Å²) in [6, 6.07) is 9.97. The Hall–Kier alpha value is 0.227. The predicted octanol–water partition coefficient (Wildman–Crippen LogP) is 5.89. The molecule has 1 aromatic rings. The molecule has 2 rings (SSSR count). The maximum Gasteiger partial charge on any atom is 0.217 e. The third kappa shape index (κ3) is 4.19. The number of alkyl halides is 3. The summed E-state index contributed by atoms with van der Waals surface area (Å²) in [5, 5.41) is 0.0400. The molecule has 0 amide bonds. The van der Waals surface area contributed by atoms with E-state index in [1.807, 2.05) is 30.3 Å². The highest BCUT2D eigenvalue weighted by Gasteiger charge is 2.56. The van der Waals surface area contributed by atoms with E-state index in [0.717, 1.165) is 5.56 Å². The van der Waals surface area contributed by atoms with Gasteiger partial charge in [0.2, 0.25) is 3.79 Å². The van der Waals surface area contributed by atoms with Crippen LogP contribution in [0.4, 0.5) is 0 Å². The Kier molecular flexibility index (Phi) is 5.29. The number of hydrogen-bond acceptors (Lipinski definition) is 2. The molecule has 1 fully saturated rings. The van der Waals surface area contributed by atoms with E-state index in [1.54, 1.807) is 0 Å². The molecule has 0 saturated carbocycles. The van der Waals surface area contributed by atoms with E-state index in [1.165, 1.54) is 0 Å². The second-order valence-electron chi connectivity index (χ2n) is 7.27. The van der Waals surface area contributed by atoms with Gasteiger partial charge in [0.25, 0.3) is 0 Å². The van der Waals surface area contributed by atoms with E-state index >= 15 is 0 Å². The normalized spacial score (nSPS) is 24.2. The molecule has 22 heavy (non-hydrogen) atoms. The summed E-state index contributed by atoms with van der Waals surface area (Å²) in [6.45, 7) is 10.8. The van der Waals surface area contributed by atoms with Crippen LogP contribution in [0, 0.1) is 0 Å². The Morgan fingerprint density at radius 2 is 1.64 bits per heavy atom. The minimum absolute atomic E-state index is 0.0400. The maximum atomic E-state index is 6.36. The summed E-state index contributed by atoms with van der Waals surface area (Å²) in [6.07, 6.45) is -0.848. The van der Waals surface area contributed by atoms with Crippen LogP contribution in [0.1, 0.15) is 32.4 Å². The van der Waals surface area contributed by atoms with Crippen LogP contribution in [0.3, 0.4) is 0 Å². The lowest BCUT2D eigenvalue weighted by Gasteiger charge is -2.40. The molecule has 124 valence electrons. The molecule has 1 aliphatic rings. The number of halogens is 3. The first-order valence-corrected chi connectivity index (χ1v) is 11.4. The van der Waals surface area contributed by atoms with Crippen molar-refractivity contribution < 1.29 is 9.16 Å². The van der Waals surface area contributed by atoms with Crippen LogP contribution in [0.15, 0.2) is 30.3 Å². The minimum atomic E-state index is -2.06. The Morgan fingerprint density at radius 3 is 2.09 bits per heavy atom. The fraction of sp³-hybridized carbons (Fsp3) is 0.625. The Bertz CT molecular complexity index is 508. The number of rotatable bonds is 4. The molecule has 0 unspecified atom stereocenters. The first kappa shape index (κ1) is 18.6. The molecule has 1 aliphatic heterocycles. The van der Waals surface area contributed by atoms with Crippen LogP contribution in [0.2, 0.25) is 18.1 Å². The van der Waals surface area contributed by atoms with Crippen molar-refractivity contribution >= 4 is 43.1 Å². The van der Waals surface area contributed by atoms with Gasteiger partial charge in [-0.15, -0.1) is 0 Å². The van der Waals surface area contributed by atoms with Gasteiger partial charge in [0, 0.05) is 0 Å². The molecule has 1 heterocycles. The third-order valence-corrected chi connectivity index (χ3v) is 9.60. The molecule has 3 atom stereocenters. The second-order valence-corrected chi connectivity index (χ2v) is 14.4. The average molecular weight is 382 g/mol. The number of ether oxygens (including phenoxy) is 1. The highest BCUT2D eigenvalue weighted by molar-refractivity contribution is 6.74. The molecule has 0 radical (unpaired) electrons. The molecule has 0 N–H and O–H groups in total. The van der Waals surface area contributed by atoms with Gasteiger partial charge in [-0.3, -0.25) is 0 Å². The monoisotopic (exact) mass is 380 g/mol. The number of benzene rings is 1. The van der Waals surface area contributed by atoms with E-state index in [2.05, 4.69) is 33.9 Å². The molecule has 0 spiro atoms. The van der Waals surface area contributed by atoms with Crippen molar-refractivity contribution in [2.24, 2.45) is 0 Å². The number of epoxide rings is 1. The average Bonchev–Trinajstić information content (AvgIpc) is 3.14. The summed E-state index contributed by atoms with van der Waals surface area (Å²) in [7, 11) is -2.06. The predicted molar refractivity (Wildman–Crippen MR) is 96.4 cm³/mol. The Morgan fingerprint density at radius 1 is 1.09 bits per heavy atom. The summed E-state index contributed by atoms with van der Waals surface area (Å²) < 4.78 is 10.6. The smallest absolute Gasteiger partial charge is 0.217 e. The third-order valence-electron chi connectivity index (χ3n) is 4.50. The lowest BCUT2D eigenvalue weighted by Crippen LogP contribution is -2.49. The zero-order valence-electron chi connectivity index (χ0n) is 13.6. The van der Waals surface area contributed by atoms with Gasteiger partial charge < -0.3 is 9.16 Å². The summed E-state index contributed by atoms with van der Waals surface area (Å²) >= 11 is 18.6. The van der Waals surface area contributed by atoms with Gasteiger partial charge in [-0.25, -0.2) is 0 Å². The van der Waals surface area contributed by atoms with E-state index in [0.29, 0.717) is 0 Å². The van der Waals surface area contributed by atoms with Crippen molar-refractivity contribution in [3.05, 3.63) is 35.9 Å². The Labute approximate surface area is 149 Å². The molecule has 0 bridgehead atoms. The molecule has 2 nitrogen and oxygen atoms in total. The zero-order chi connectivity index (χ0) is 16.8. The molecular weight excluding hydrogens is 359 g/mol. The molecule has 6 heteroatoms. The van der Waals surface area contributed by atoms with Crippen LogP contribution in [-0.2, 0) is 9.16 Å². The quantitative estimate of drug-likeness (QED) is 0.368. The van der Waals surface area contributed by atoms with E-state index in [4.69, 9.17) is 44.0 Å². The summed E-state index contributed by atoms with van der Waals surface area (Å²) in [4.78, 5) is 0. The van der Waals surface area contributed by atoms with E-state index < -0.39 is 18.2 Å². The van der Waals surface area contributed by atoms with Gasteiger partial charge in [0.05, 0.1) is 0 Å². The fourth-order valence-corrected chi connectivity index (χ4v) is 4.11. The molecule has 1 saturated heterocycles. The van der Waals surface area contributed by atoms with Gasteiger partial charge >= 0.3 is 0 Å². The van der Waals surface area contributed by atoms with E-state index in [-0.39, 0.29) is 17.2 Å². The van der Waals surface area contributed by atoms with Crippen LogP contribution in [0.5, 0.6) is 0 Å². The van der Waals surface area contributed by atoms with Crippen molar-refractivity contribution in [2.75, 3.05) is 0 Å². The first-order chi connectivity index (χ1) is 9.93. The van der Waals surface area contributed by atoms with Gasteiger partial charge in [-0.2, -0.15) is 0 Å². The van der Waals surface area contributed by atoms with Gasteiger partial charge in [0.15, 0.2) is 8.32 Å². The van der Waals surface area contributed by atoms with Crippen LogP contribution >= 0.6 is 34.8 Å². The van der Waals surface area contributed by atoms with Gasteiger partial charge in [-0.1, -0.05) is 85.9 Å². The van der Waals surface area contributed by atoms with Crippen molar-refractivity contribution in [1.82, 2.24) is 0 Å². The highest BCUT2D eigenvalue weighted by Crippen LogP contribution is 2.51. The van der Waals surface area contributed by atoms with Crippen LogP contribution in [0.25, 0.3) is 0 Å². The first-order valence-electron chi connectivity index (χ1n) is 7.38. The van der Waals surface area contributed by atoms with Gasteiger partial charge in [0.1, 0.15) is 18.3 Å². The van der Waals surface area contributed by atoms with Crippen molar-refractivity contribution in [3.63, 3.8) is 0 Å². The lowest BCUT2D eigenvalue weighted by atomic mass is 10.1. The fourth-order valence-electron chi connectivity index (χ4n) is 2.08. The van der Waals surface area contributed by atoms with Crippen molar-refractivity contribution in [3.8, 4) is 0 Å². The maximum absolute atomic E-state index is 6.36. The van der Waals surface area contributed by atoms with Crippen LogP contribution < -0.4 is 0 Å². The zero-order valence-corrected chi connectivity index (χ0v) is 16.8. The summed E-state index contributed by atoms with van der Waals surface area (Å²) in [5.74, 6) is 0. The lowest BCUT2D eigenvalue weighted by molar-refractivity contribution is 0.145. The van der Waals surface area contributed by atoms with Gasteiger partial charge in [-0.05, 0) is 23.7 Å². The second kappa shape index (κ2) is 6.27. The van der Waals surface area contributed by atoms with Crippen molar-refractivity contribution in [2.45, 2.75) is 61.0 Å². The standard InChI is InChI=1S/C16H23Cl3O2Si/c1-15(2,3)22(4,5)21-14(16(17,18)19)13-12(20-13)11-9-7-6-8-10-11/h6-10,12-14H,1-5H3/t12-,13-,14-/m1/s1. The number of hydrogen-bond donors (Lipinski definition) is 0. The molecule has 1 aromatic carbocycles.